The Bertz CT molecular complexity index is 312. The second kappa shape index (κ2) is 6.06. The van der Waals surface area contributed by atoms with Gasteiger partial charge in [-0.1, -0.05) is 0 Å². The Kier molecular flexibility index (Phi) is 5.17. The molecule has 0 aromatic heterocycles. The average Bonchev–Trinajstić information content (AvgIpc) is 2.26. The molecule has 4 N–H and O–H groups in total. The fourth-order valence-electron chi connectivity index (χ4n) is 1.94. The van der Waals surface area contributed by atoms with E-state index in [9.17, 15) is 18.0 Å². The van der Waals surface area contributed by atoms with Gasteiger partial charge in [-0.3, -0.25) is 9.69 Å². The molecule has 1 heterocycles. The van der Waals surface area contributed by atoms with Crippen molar-refractivity contribution in [3.63, 3.8) is 0 Å². The molecule has 1 amide bonds. The summed E-state index contributed by atoms with van der Waals surface area (Å²) in [6.45, 7) is 3.10. The number of amides is 1. The molecule has 0 aromatic rings. The summed E-state index contributed by atoms with van der Waals surface area (Å²) in [5.41, 5.74) is 9.82. The SMILES string of the molecule is CC(N)(CCN1CCN(CC(F)(F)F)CC1)C(N)=O. The summed E-state index contributed by atoms with van der Waals surface area (Å²) in [5, 5.41) is 0. The highest BCUT2D eigenvalue weighted by molar-refractivity contribution is 5.83. The first-order valence-corrected chi connectivity index (χ1v) is 6.20. The molecule has 112 valence electrons. The zero-order valence-electron chi connectivity index (χ0n) is 11.0. The van der Waals surface area contributed by atoms with E-state index in [1.807, 2.05) is 4.90 Å². The largest absolute Gasteiger partial charge is 0.401 e. The van der Waals surface area contributed by atoms with Crippen LogP contribution in [0.25, 0.3) is 0 Å². The molecule has 0 aliphatic carbocycles. The van der Waals surface area contributed by atoms with Crippen LogP contribution in [0.3, 0.4) is 0 Å². The van der Waals surface area contributed by atoms with Gasteiger partial charge in [-0.25, -0.2) is 0 Å². The van der Waals surface area contributed by atoms with E-state index in [4.69, 9.17) is 11.5 Å². The predicted octanol–water partition coefficient (Wildman–Crippen LogP) is -0.241. The maximum Gasteiger partial charge on any atom is 0.401 e. The van der Waals surface area contributed by atoms with Gasteiger partial charge in [-0.15, -0.1) is 0 Å². The zero-order valence-corrected chi connectivity index (χ0v) is 11.0. The fraction of sp³-hybridized carbons (Fsp3) is 0.909. The van der Waals surface area contributed by atoms with Crippen LogP contribution in [0.15, 0.2) is 0 Å². The number of primary amides is 1. The summed E-state index contributed by atoms with van der Waals surface area (Å²) in [6, 6.07) is 0. The van der Waals surface area contributed by atoms with E-state index in [2.05, 4.69) is 0 Å². The van der Waals surface area contributed by atoms with Crippen LogP contribution in [0.1, 0.15) is 13.3 Å². The smallest absolute Gasteiger partial charge is 0.368 e. The Morgan fingerprint density at radius 2 is 1.63 bits per heavy atom. The van der Waals surface area contributed by atoms with Crippen LogP contribution < -0.4 is 11.5 Å². The molecule has 0 radical (unpaired) electrons. The standard InChI is InChI=1S/C11H21F3N4O/c1-10(16,9(15)19)2-3-17-4-6-18(7-5-17)8-11(12,13)14/h2-8,16H2,1H3,(H2,15,19). The first-order chi connectivity index (χ1) is 8.60. The van der Waals surface area contributed by atoms with Crippen LogP contribution in [0.5, 0.6) is 0 Å². The molecule has 19 heavy (non-hydrogen) atoms. The molecule has 0 spiro atoms. The Morgan fingerprint density at radius 3 is 2.05 bits per heavy atom. The van der Waals surface area contributed by atoms with Crippen molar-refractivity contribution in [1.82, 2.24) is 9.80 Å². The van der Waals surface area contributed by atoms with Crippen molar-refractivity contribution in [2.24, 2.45) is 11.5 Å². The molecule has 0 bridgehead atoms. The van der Waals surface area contributed by atoms with Gasteiger partial charge in [0.1, 0.15) is 0 Å². The lowest BCUT2D eigenvalue weighted by Gasteiger charge is -2.36. The third kappa shape index (κ3) is 5.75. The lowest BCUT2D eigenvalue weighted by Crippen LogP contribution is -2.53. The van der Waals surface area contributed by atoms with E-state index >= 15 is 0 Å². The summed E-state index contributed by atoms with van der Waals surface area (Å²) in [7, 11) is 0. The quantitative estimate of drug-likeness (QED) is 0.730. The van der Waals surface area contributed by atoms with Crippen molar-refractivity contribution in [1.29, 1.82) is 0 Å². The lowest BCUT2D eigenvalue weighted by atomic mass is 9.98. The first-order valence-electron chi connectivity index (χ1n) is 6.20. The molecule has 1 rings (SSSR count). The number of nitrogens with zero attached hydrogens (tertiary/aromatic N) is 2. The number of alkyl halides is 3. The van der Waals surface area contributed by atoms with Crippen LogP contribution in [0.2, 0.25) is 0 Å². The van der Waals surface area contributed by atoms with E-state index in [0.29, 0.717) is 39.1 Å². The van der Waals surface area contributed by atoms with E-state index in [0.717, 1.165) is 0 Å². The van der Waals surface area contributed by atoms with Gasteiger partial charge in [-0.05, 0) is 13.3 Å². The molecule has 1 aliphatic heterocycles. The van der Waals surface area contributed by atoms with Crippen LogP contribution in [-0.2, 0) is 4.79 Å². The minimum absolute atomic E-state index is 0.372. The average molecular weight is 282 g/mol. The van der Waals surface area contributed by atoms with Crippen LogP contribution in [-0.4, -0.2) is 66.7 Å². The van der Waals surface area contributed by atoms with Gasteiger partial charge in [0.2, 0.25) is 5.91 Å². The molecular weight excluding hydrogens is 261 g/mol. The van der Waals surface area contributed by atoms with Gasteiger partial charge in [-0.2, -0.15) is 13.2 Å². The van der Waals surface area contributed by atoms with Crippen molar-refractivity contribution >= 4 is 5.91 Å². The molecule has 0 saturated carbocycles. The molecule has 1 fully saturated rings. The number of carbonyl (C=O) groups is 1. The fourth-order valence-corrected chi connectivity index (χ4v) is 1.94. The number of hydrogen-bond donors (Lipinski definition) is 2. The highest BCUT2D eigenvalue weighted by Crippen LogP contribution is 2.17. The number of hydrogen-bond acceptors (Lipinski definition) is 4. The molecular formula is C11H21F3N4O. The third-order valence-electron chi connectivity index (χ3n) is 3.38. The summed E-state index contributed by atoms with van der Waals surface area (Å²) in [6.07, 6.45) is -3.74. The Hall–Kier alpha value is -0.860. The highest BCUT2D eigenvalue weighted by atomic mass is 19.4. The monoisotopic (exact) mass is 282 g/mol. The molecule has 0 aromatic carbocycles. The third-order valence-corrected chi connectivity index (χ3v) is 3.38. The van der Waals surface area contributed by atoms with Crippen molar-refractivity contribution < 1.29 is 18.0 Å². The topological polar surface area (TPSA) is 75.6 Å². The van der Waals surface area contributed by atoms with E-state index < -0.39 is 24.2 Å². The number of carbonyl (C=O) groups excluding carboxylic acids is 1. The minimum atomic E-state index is -4.15. The van der Waals surface area contributed by atoms with Crippen molar-refractivity contribution in [2.75, 3.05) is 39.3 Å². The Morgan fingerprint density at radius 1 is 1.16 bits per heavy atom. The predicted molar refractivity (Wildman–Crippen MR) is 65.3 cm³/mol. The molecule has 1 saturated heterocycles. The zero-order chi connectivity index (χ0) is 14.7. The Labute approximate surface area is 110 Å². The van der Waals surface area contributed by atoms with Gasteiger partial charge >= 0.3 is 6.18 Å². The molecule has 5 nitrogen and oxygen atoms in total. The van der Waals surface area contributed by atoms with E-state index in [1.54, 1.807) is 6.92 Å². The van der Waals surface area contributed by atoms with Crippen molar-refractivity contribution in [2.45, 2.75) is 25.1 Å². The minimum Gasteiger partial charge on any atom is -0.368 e. The summed E-state index contributed by atoms with van der Waals surface area (Å²) in [5.74, 6) is -0.566. The van der Waals surface area contributed by atoms with Gasteiger partial charge in [0.25, 0.3) is 0 Å². The second-order valence-electron chi connectivity index (χ2n) is 5.26. The maximum atomic E-state index is 12.2. The maximum absolute atomic E-state index is 12.2. The molecule has 1 atom stereocenters. The van der Waals surface area contributed by atoms with Gasteiger partial charge in [0, 0.05) is 32.7 Å². The van der Waals surface area contributed by atoms with Gasteiger partial charge < -0.3 is 16.4 Å². The lowest BCUT2D eigenvalue weighted by molar-refractivity contribution is -0.149. The summed E-state index contributed by atoms with van der Waals surface area (Å²) < 4.78 is 36.6. The molecule has 1 unspecified atom stereocenters. The summed E-state index contributed by atoms with van der Waals surface area (Å²) in [4.78, 5) is 14.4. The van der Waals surface area contributed by atoms with Crippen molar-refractivity contribution in [3.8, 4) is 0 Å². The van der Waals surface area contributed by atoms with Crippen LogP contribution >= 0.6 is 0 Å². The number of nitrogens with two attached hydrogens (primary N) is 2. The number of rotatable bonds is 5. The first kappa shape index (κ1) is 16.2. The molecule has 8 heteroatoms. The Balaban J connectivity index is 2.29. The van der Waals surface area contributed by atoms with Gasteiger partial charge in [0.15, 0.2) is 0 Å². The van der Waals surface area contributed by atoms with Crippen LogP contribution in [0, 0.1) is 0 Å². The highest BCUT2D eigenvalue weighted by Gasteiger charge is 2.32. The van der Waals surface area contributed by atoms with E-state index in [-0.39, 0.29) is 0 Å². The number of piperazine rings is 1. The number of halogens is 3. The van der Waals surface area contributed by atoms with Crippen molar-refractivity contribution in [3.05, 3.63) is 0 Å². The normalized spacial score (nSPS) is 22.2. The molecule has 1 aliphatic rings. The van der Waals surface area contributed by atoms with Crippen LogP contribution in [0.4, 0.5) is 13.2 Å². The van der Waals surface area contributed by atoms with E-state index in [1.165, 1.54) is 4.90 Å². The van der Waals surface area contributed by atoms with Gasteiger partial charge in [0.05, 0.1) is 12.1 Å². The second-order valence-corrected chi connectivity index (χ2v) is 5.26. The summed E-state index contributed by atoms with van der Waals surface area (Å²) >= 11 is 0.